The summed E-state index contributed by atoms with van der Waals surface area (Å²) >= 11 is 0. The lowest BCUT2D eigenvalue weighted by Crippen LogP contribution is -2.35. The monoisotopic (exact) mass is 441 g/mol. The summed E-state index contributed by atoms with van der Waals surface area (Å²) in [4.78, 5) is 32.3. The number of pyridine rings is 1. The number of hydrogen-bond acceptors (Lipinski definition) is 4. The zero-order valence-electron chi connectivity index (χ0n) is 19.1. The van der Waals surface area contributed by atoms with Crippen LogP contribution in [-0.2, 0) is 17.8 Å². The van der Waals surface area contributed by atoms with Crippen molar-refractivity contribution in [3.63, 3.8) is 0 Å². The number of likely N-dealkylation sites (N-methyl/N-ethyl adjacent to an activating group) is 1. The average Bonchev–Trinajstić information content (AvgIpc) is 3.27. The zero-order valence-corrected chi connectivity index (χ0v) is 19.1. The van der Waals surface area contributed by atoms with Crippen molar-refractivity contribution in [2.75, 3.05) is 18.9 Å². The van der Waals surface area contributed by atoms with Gasteiger partial charge in [0, 0.05) is 24.8 Å². The lowest BCUT2D eigenvalue weighted by Gasteiger charge is -2.18. The minimum absolute atomic E-state index is 0.0662. The number of carbonyl (C=O) groups excluding carboxylic acids is 2. The number of amides is 2. The molecule has 2 amide bonds. The lowest BCUT2D eigenvalue weighted by atomic mass is 10.1. The van der Waals surface area contributed by atoms with Gasteiger partial charge in [-0.1, -0.05) is 55.5 Å². The molecule has 0 aliphatic rings. The predicted molar refractivity (Wildman–Crippen MR) is 130 cm³/mol. The first-order chi connectivity index (χ1) is 16.0. The van der Waals surface area contributed by atoms with Gasteiger partial charge >= 0.3 is 0 Å². The first-order valence-corrected chi connectivity index (χ1v) is 11.1. The Balaban J connectivity index is 1.63. The van der Waals surface area contributed by atoms with Gasteiger partial charge in [-0.05, 0) is 31.0 Å². The molecule has 0 aliphatic heterocycles. The summed E-state index contributed by atoms with van der Waals surface area (Å²) < 4.78 is 1.77. The summed E-state index contributed by atoms with van der Waals surface area (Å²) in [6.07, 6.45) is 2.48. The van der Waals surface area contributed by atoms with Gasteiger partial charge in [0.15, 0.2) is 5.65 Å². The smallest absolute Gasteiger partial charge is 0.254 e. The second kappa shape index (κ2) is 9.65. The van der Waals surface area contributed by atoms with Crippen LogP contribution in [0.15, 0.2) is 66.9 Å². The predicted octanol–water partition coefficient (Wildman–Crippen LogP) is 4.39. The normalized spacial score (nSPS) is 10.9. The van der Waals surface area contributed by atoms with Crippen LogP contribution < -0.4 is 5.32 Å². The Kier molecular flexibility index (Phi) is 6.49. The van der Waals surface area contributed by atoms with E-state index >= 15 is 0 Å². The van der Waals surface area contributed by atoms with E-state index in [0.29, 0.717) is 28.8 Å². The van der Waals surface area contributed by atoms with Crippen molar-refractivity contribution < 1.29 is 9.59 Å². The maximum absolute atomic E-state index is 13.4. The first-order valence-electron chi connectivity index (χ1n) is 11.1. The topological polar surface area (TPSA) is 80.1 Å². The molecule has 168 valence electrons. The molecule has 0 atom stereocenters. The number of nitrogens with zero attached hydrogens (tertiary/aromatic N) is 4. The highest BCUT2D eigenvalue weighted by Gasteiger charge is 2.21. The highest BCUT2D eigenvalue weighted by Crippen LogP contribution is 2.26. The van der Waals surface area contributed by atoms with E-state index in [2.05, 4.69) is 10.4 Å². The molecule has 4 aromatic rings. The molecule has 7 nitrogen and oxygen atoms in total. The third-order valence-corrected chi connectivity index (χ3v) is 5.61. The molecule has 0 unspecified atom stereocenters. The van der Waals surface area contributed by atoms with Crippen molar-refractivity contribution in [3.05, 3.63) is 78.0 Å². The Bertz CT molecular complexity index is 1300. The fraction of sp³-hybridized carbons (Fsp3) is 0.231. The third-order valence-electron chi connectivity index (χ3n) is 5.61. The second-order valence-corrected chi connectivity index (χ2v) is 7.84. The first kappa shape index (κ1) is 22.2. The molecule has 0 fully saturated rings. The molecule has 2 aromatic heterocycles. The molecule has 0 saturated carbocycles. The molecule has 0 saturated heterocycles. The second-order valence-electron chi connectivity index (χ2n) is 7.84. The van der Waals surface area contributed by atoms with Crippen LogP contribution in [0.1, 0.15) is 29.8 Å². The SMILES string of the molecule is CCc1ccccc1NC(=O)CN(C)C(=O)c1cc(-c2ccccc2)nc2c1cnn2CC. The van der Waals surface area contributed by atoms with Crippen molar-refractivity contribution in [2.45, 2.75) is 26.8 Å². The summed E-state index contributed by atoms with van der Waals surface area (Å²) in [6, 6.07) is 19.2. The van der Waals surface area contributed by atoms with Crippen molar-refractivity contribution in [3.8, 4) is 11.3 Å². The van der Waals surface area contributed by atoms with Gasteiger partial charge < -0.3 is 10.2 Å². The molecular weight excluding hydrogens is 414 g/mol. The van der Waals surface area contributed by atoms with E-state index in [1.54, 1.807) is 24.0 Å². The molecule has 2 heterocycles. The molecule has 0 aliphatic carbocycles. The van der Waals surface area contributed by atoms with Crippen LogP contribution in [-0.4, -0.2) is 45.1 Å². The van der Waals surface area contributed by atoms with Crippen molar-refractivity contribution in [1.29, 1.82) is 0 Å². The van der Waals surface area contributed by atoms with E-state index in [4.69, 9.17) is 4.98 Å². The summed E-state index contributed by atoms with van der Waals surface area (Å²) in [7, 11) is 1.63. The molecule has 0 bridgehead atoms. The van der Waals surface area contributed by atoms with Crippen LogP contribution in [0.3, 0.4) is 0 Å². The average molecular weight is 442 g/mol. The number of nitrogens with one attached hydrogen (secondary N) is 1. The number of fused-ring (bicyclic) bond motifs is 1. The zero-order chi connectivity index (χ0) is 23.4. The maximum Gasteiger partial charge on any atom is 0.254 e. The lowest BCUT2D eigenvalue weighted by molar-refractivity contribution is -0.116. The number of carbonyl (C=O) groups is 2. The standard InChI is InChI=1S/C26H27N5O2/c1-4-18-11-9-10-14-22(18)28-24(32)17-30(3)26(33)20-15-23(19-12-7-6-8-13-19)29-25-21(20)16-27-31(25)5-2/h6-16H,4-5,17H2,1-3H3,(H,28,32). The van der Waals surface area contributed by atoms with E-state index in [9.17, 15) is 9.59 Å². The van der Waals surface area contributed by atoms with Gasteiger partial charge in [0.2, 0.25) is 5.91 Å². The van der Waals surface area contributed by atoms with Gasteiger partial charge in [0.25, 0.3) is 5.91 Å². The van der Waals surface area contributed by atoms with Crippen LogP contribution >= 0.6 is 0 Å². The molecule has 0 spiro atoms. The fourth-order valence-electron chi connectivity index (χ4n) is 3.85. The number of aromatic nitrogens is 3. The molecule has 7 heteroatoms. The van der Waals surface area contributed by atoms with Crippen LogP contribution in [0.25, 0.3) is 22.3 Å². The molecule has 1 N–H and O–H groups in total. The molecule has 0 radical (unpaired) electrons. The Morgan fingerprint density at radius 3 is 2.48 bits per heavy atom. The minimum atomic E-state index is -0.255. The van der Waals surface area contributed by atoms with E-state index in [1.165, 1.54) is 4.90 Å². The van der Waals surface area contributed by atoms with E-state index in [1.807, 2.05) is 68.4 Å². The molecule has 4 rings (SSSR count). The van der Waals surface area contributed by atoms with Gasteiger partial charge in [-0.2, -0.15) is 5.10 Å². The number of hydrogen-bond donors (Lipinski definition) is 1. The fourth-order valence-corrected chi connectivity index (χ4v) is 3.85. The number of para-hydroxylation sites is 1. The van der Waals surface area contributed by atoms with Crippen LogP contribution in [0, 0.1) is 0 Å². The van der Waals surface area contributed by atoms with Gasteiger partial charge in [-0.15, -0.1) is 0 Å². The summed E-state index contributed by atoms with van der Waals surface area (Å²) in [6.45, 7) is 4.59. The molecule has 2 aromatic carbocycles. The van der Waals surface area contributed by atoms with Gasteiger partial charge in [-0.25, -0.2) is 9.67 Å². The quantitative estimate of drug-likeness (QED) is 0.461. The van der Waals surface area contributed by atoms with E-state index in [0.717, 1.165) is 23.2 Å². The Hall–Kier alpha value is -4.00. The third kappa shape index (κ3) is 4.62. The number of aryl methyl sites for hydroxylation is 2. The van der Waals surface area contributed by atoms with E-state index in [-0.39, 0.29) is 18.4 Å². The highest BCUT2D eigenvalue weighted by atomic mass is 16.2. The summed E-state index contributed by atoms with van der Waals surface area (Å²) in [5.74, 6) is -0.501. The molecule has 33 heavy (non-hydrogen) atoms. The Morgan fingerprint density at radius 1 is 1.03 bits per heavy atom. The maximum atomic E-state index is 13.4. The van der Waals surface area contributed by atoms with E-state index < -0.39 is 0 Å². The molecular formula is C26H27N5O2. The number of anilines is 1. The van der Waals surface area contributed by atoms with Gasteiger partial charge in [0.05, 0.1) is 29.4 Å². The Labute approximate surface area is 193 Å². The van der Waals surface area contributed by atoms with Gasteiger partial charge in [0.1, 0.15) is 0 Å². The van der Waals surface area contributed by atoms with Crippen molar-refractivity contribution in [1.82, 2.24) is 19.7 Å². The van der Waals surface area contributed by atoms with Crippen LogP contribution in [0.5, 0.6) is 0 Å². The number of benzene rings is 2. The Morgan fingerprint density at radius 2 is 1.76 bits per heavy atom. The van der Waals surface area contributed by atoms with Crippen LogP contribution in [0.2, 0.25) is 0 Å². The minimum Gasteiger partial charge on any atom is -0.332 e. The summed E-state index contributed by atoms with van der Waals surface area (Å²) in [5.41, 5.74) is 4.55. The summed E-state index contributed by atoms with van der Waals surface area (Å²) in [5, 5.41) is 7.99. The number of rotatable bonds is 7. The highest BCUT2D eigenvalue weighted by molar-refractivity contribution is 6.07. The van der Waals surface area contributed by atoms with Crippen molar-refractivity contribution in [2.24, 2.45) is 0 Å². The van der Waals surface area contributed by atoms with Crippen LogP contribution in [0.4, 0.5) is 5.69 Å². The van der Waals surface area contributed by atoms with Crippen molar-refractivity contribution >= 4 is 28.5 Å². The van der Waals surface area contributed by atoms with Gasteiger partial charge in [-0.3, -0.25) is 9.59 Å². The largest absolute Gasteiger partial charge is 0.332 e.